The average molecular weight is 200 g/mol. The van der Waals surface area contributed by atoms with Gasteiger partial charge in [-0.05, 0) is 18.8 Å². The standard InChI is InChI=1S/C11H24N2O/c1-4-5-10(12)8-13-11(14)7-6-9(2)3/h9-10H,4-8,12H2,1-3H3,(H,13,14). The molecule has 0 fully saturated rings. The Bertz CT molecular complexity index is 157. The fourth-order valence-corrected chi connectivity index (χ4v) is 1.23. The highest BCUT2D eigenvalue weighted by Crippen LogP contribution is 2.02. The second-order valence-electron chi connectivity index (χ2n) is 4.29. The van der Waals surface area contributed by atoms with E-state index in [4.69, 9.17) is 5.73 Å². The fraction of sp³-hybridized carbons (Fsp3) is 0.909. The molecule has 0 heterocycles. The van der Waals surface area contributed by atoms with Crippen molar-refractivity contribution in [3.63, 3.8) is 0 Å². The summed E-state index contributed by atoms with van der Waals surface area (Å²) in [7, 11) is 0. The number of carbonyl (C=O) groups is 1. The van der Waals surface area contributed by atoms with Crippen LogP contribution in [0.5, 0.6) is 0 Å². The summed E-state index contributed by atoms with van der Waals surface area (Å²) in [6.45, 7) is 6.96. The number of rotatable bonds is 7. The number of hydrogen-bond donors (Lipinski definition) is 2. The van der Waals surface area contributed by atoms with Crippen molar-refractivity contribution in [3.8, 4) is 0 Å². The predicted molar refractivity (Wildman–Crippen MR) is 60.0 cm³/mol. The van der Waals surface area contributed by atoms with Crippen LogP contribution >= 0.6 is 0 Å². The normalized spacial score (nSPS) is 12.9. The number of hydrogen-bond acceptors (Lipinski definition) is 2. The van der Waals surface area contributed by atoms with Crippen molar-refractivity contribution < 1.29 is 4.79 Å². The van der Waals surface area contributed by atoms with E-state index in [0.717, 1.165) is 19.3 Å². The van der Waals surface area contributed by atoms with Crippen molar-refractivity contribution in [1.82, 2.24) is 5.32 Å². The summed E-state index contributed by atoms with van der Waals surface area (Å²) >= 11 is 0. The molecule has 3 heteroatoms. The first kappa shape index (κ1) is 13.4. The first-order valence-electron chi connectivity index (χ1n) is 5.58. The van der Waals surface area contributed by atoms with E-state index >= 15 is 0 Å². The van der Waals surface area contributed by atoms with Crippen LogP contribution in [-0.2, 0) is 4.79 Å². The van der Waals surface area contributed by atoms with Crippen LogP contribution in [0.3, 0.4) is 0 Å². The summed E-state index contributed by atoms with van der Waals surface area (Å²) in [5.41, 5.74) is 5.77. The van der Waals surface area contributed by atoms with E-state index in [0.29, 0.717) is 18.9 Å². The third-order valence-corrected chi connectivity index (χ3v) is 2.17. The number of amides is 1. The van der Waals surface area contributed by atoms with Gasteiger partial charge >= 0.3 is 0 Å². The molecule has 0 rings (SSSR count). The van der Waals surface area contributed by atoms with Crippen molar-refractivity contribution in [2.45, 2.75) is 52.5 Å². The van der Waals surface area contributed by atoms with Crippen LogP contribution in [0.2, 0.25) is 0 Å². The largest absolute Gasteiger partial charge is 0.355 e. The topological polar surface area (TPSA) is 55.1 Å². The third-order valence-electron chi connectivity index (χ3n) is 2.17. The van der Waals surface area contributed by atoms with E-state index in [2.05, 4.69) is 26.1 Å². The molecule has 1 amide bonds. The molecule has 0 saturated heterocycles. The van der Waals surface area contributed by atoms with Gasteiger partial charge in [0.25, 0.3) is 0 Å². The Morgan fingerprint density at radius 2 is 2.00 bits per heavy atom. The van der Waals surface area contributed by atoms with Crippen LogP contribution in [0.4, 0.5) is 0 Å². The third kappa shape index (κ3) is 8.05. The van der Waals surface area contributed by atoms with Gasteiger partial charge in [0, 0.05) is 19.0 Å². The minimum Gasteiger partial charge on any atom is -0.355 e. The average Bonchev–Trinajstić information content (AvgIpc) is 2.12. The van der Waals surface area contributed by atoms with E-state index in [1.807, 2.05) is 0 Å². The second kappa shape index (κ2) is 7.80. The summed E-state index contributed by atoms with van der Waals surface area (Å²) in [5, 5.41) is 2.86. The molecule has 0 aromatic rings. The molecule has 84 valence electrons. The fourth-order valence-electron chi connectivity index (χ4n) is 1.23. The van der Waals surface area contributed by atoms with Gasteiger partial charge < -0.3 is 11.1 Å². The molecule has 3 N–H and O–H groups in total. The van der Waals surface area contributed by atoms with Gasteiger partial charge in [0.15, 0.2) is 0 Å². The Hall–Kier alpha value is -0.570. The van der Waals surface area contributed by atoms with Gasteiger partial charge in [-0.3, -0.25) is 4.79 Å². The smallest absolute Gasteiger partial charge is 0.220 e. The summed E-state index contributed by atoms with van der Waals surface area (Å²) in [6, 6.07) is 0.114. The van der Waals surface area contributed by atoms with Crippen LogP contribution in [0.1, 0.15) is 46.5 Å². The summed E-state index contributed by atoms with van der Waals surface area (Å²) < 4.78 is 0. The van der Waals surface area contributed by atoms with E-state index in [9.17, 15) is 4.79 Å². The molecule has 0 aliphatic heterocycles. The molecule has 1 atom stereocenters. The molecule has 0 radical (unpaired) electrons. The molecule has 0 aromatic carbocycles. The van der Waals surface area contributed by atoms with Crippen molar-refractivity contribution in [2.75, 3.05) is 6.54 Å². The second-order valence-corrected chi connectivity index (χ2v) is 4.29. The molecule has 0 bridgehead atoms. The predicted octanol–water partition coefficient (Wildman–Crippen LogP) is 1.67. The minimum atomic E-state index is 0.114. The van der Waals surface area contributed by atoms with Crippen molar-refractivity contribution in [1.29, 1.82) is 0 Å². The van der Waals surface area contributed by atoms with Gasteiger partial charge in [0.2, 0.25) is 5.91 Å². The monoisotopic (exact) mass is 200 g/mol. The Morgan fingerprint density at radius 3 is 2.50 bits per heavy atom. The number of nitrogens with two attached hydrogens (primary N) is 1. The van der Waals surface area contributed by atoms with E-state index < -0.39 is 0 Å². The van der Waals surface area contributed by atoms with Crippen molar-refractivity contribution in [2.24, 2.45) is 11.7 Å². The Morgan fingerprint density at radius 1 is 1.36 bits per heavy atom. The lowest BCUT2D eigenvalue weighted by Gasteiger charge is -2.11. The molecule has 1 unspecified atom stereocenters. The van der Waals surface area contributed by atoms with Crippen molar-refractivity contribution >= 4 is 5.91 Å². The first-order valence-corrected chi connectivity index (χ1v) is 5.58. The molecule has 0 aliphatic carbocycles. The minimum absolute atomic E-state index is 0.114. The Balaban J connectivity index is 3.43. The highest BCUT2D eigenvalue weighted by molar-refractivity contribution is 5.75. The Kier molecular flexibility index (Phi) is 7.48. The van der Waals surface area contributed by atoms with E-state index in [1.165, 1.54) is 0 Å². The van der Waals surface area contributed by atoms with E-state index in [-0.39, 0.29) is 11.9 Å². The maximum absolute atomic E-state index is 11.3. The zero-order valence-corrected chi connectivity index (χ0v) is 9.68. The highest BCUT2D eigenvalue weighted by atomic mass is 16.1. The molecule has 0 saturated carbocycles. The lowest BCUT2D eigenvalue weighted by Crippen LogP contribution is -2.37. The lowest BCUT2D eigenvalue weighted by atomic mass is 10.1. The van der Waals surface area contributed by atoms with Crippen LogP contribution < -0.4 is 11.1 Å². The van der Waals surface area contributed by atoms with E-state index in [1.54, 1.807) is 0 Å². The molecule has 0 aliphatic rings. The van der Waals surface area contributed by atoms with Gasteiger partial charge in [-0.1, -0.05) is 27.2 Å². The van der Waals surface area contributed by atoms with Crippen molar-refractivity contribution in [3.05, 3.63) is 0 Å². The van der Waals surface area contributed by atoms with Gasteiger partial charge in [-0.25, -0.2) is 0 Å². The van der Waals surface area contributed by atoms with Gasteiger partial charge in [0.1, 0.15) is 0 Å². The maximum Gasteiger partial charge on any atom is 0.220 e. The maximum atomic E-state index is 11.3. The van der Waals surface area contributed by atoms with Crippen LogP contribution in [0.25, 0.3) is 0 Å². The van der Waals surface area contributed by atoms with Crippen LogP contribution in [0, 0.1) is 5.92 Å². The van der Waals surface area contributed by atoms with Gasteiger partial charge in [0.05, 0.1) is 0 Å². The zero-order valence-electron chi connectivity index (χ0n) is 9.68. The first-order chi connectivity index (χ1) is 6.56. The lowest BCUT2D eigenvalue weighted by molar-refractivity contribution is -0.121. The Labute approximate surface area is 87.4 Å². The summed E-state index contributed by atoms with van der Waals surface area (Å²) in [4.78, 5) is 11.3. The zero-order chi connectivity index (χ0) is 11.0. The molecule has 0 spiro atoms. The van der Waals surface area contributed by atoms with Crippen LogP contribution in [-0.4, -0.2) is 18.5 Å². The molecular weight excluding hydrogens is 176 g/mol. The molecule has 14 heavy (non-hydrogen) atoms. The highest BCUT2D eigenvalue weighted by Gasteiger charge is 2.05. The molecule has 0 aromatic heterocycles. The summed E-state index contributed by atoms with van der Waals surface area (Å²) in [6.07, 6.45) is 3.62. The SMILES string of the molecule is CCCC(N)CNC(=O)CCC(C)C. The molecular formula is C11H24N2O. The number of carbonyl (C=O) groups excluding carboxylic acids is 1. The van der Waals surface area contributed by atoms with Gasteiger partial charge in [-0.2, -0.15) is 0 Å². The van der Waals surface area contributed by atoms with Gasteiger partial charge in [-0.15, -0.1) is 0 Å². The number of nitrogens with one attached hydrogen (secondary N) is 1. The summed E-state index contributed by atoms with van der Waals surface area (Å²) in [5.74, 6) is 0.718. The molecule has 3 nitrogen and oxygen atoms in total. The quantitative estimate of drug-likeness (QED) is 0.657. The van der Waals surface area contributed by atoms with Crippen LogP contribution in [0.15, 0.2) is 0 Å².